The van der Waals surface area contributed by atoms with E-state index in [9.17, 15) is 4.79 Å². The standard InChI is InChI=1S/C16H20N4O3S/c1-19(9-14(21)17-12-5-6-12)10-20-16(24)23-15(18-20)11-3-7-13(22-2)8-4-11/h3-4,7-8,12H,5-6,9-10H2,1-2H3,(H,17,21). The molecule has 0 saturated heterocycles. The summed E-state index contributed by atoms with van der Waals surface area (Å²) in [6.45, 7) is 0.680. The number of carbonyl (C=O) groups excluding carboxylic acids is 1. The SMILES string of the molecule is COc1ccc(-c2nn(CN(C)CC(=O)NC3CC3)c(=S)o2)cc1. The van der Waals surface area contributed by atoms with E-state index in [0.717, 1.165) is 24.2 Å². The van der Waals surface area contributed by atoms with Crippen molar-refractivity contribution >= 4 is 18.1 Å². The van der Waals surface area contributed by atoms with Crippen LogP contribution in [0.4, 0.5) is 0 Å². The van der Waals surface area contributed by atoms with Gasteiger partial charge >= 0.3 is 0 Å². The Bertz CT molecular complexity index is 764. The van der Waals surface area contributed by atoms with Crippen LogP contribution in [0.1, 0.15) is 12.8 Å². The molecule has 1 amide bonds. The first-order valence-corrected chi connectivity index (χ1v) is 8.16. The molecule has 1 aliphatic carbocycles. The zero-order chi connectivity index (χ0) is 17.1. The van der Waals surface area contributed by atoms with Crippen LogP contribution in [0.15, 0.2) is 28.7 Å². The number of hydrogen-bond donors (Lipinski definition) is 1. The van der Waals surface area contributed by atoms with E-state index < -0.39 is 0 Å². The van der Waals surface area contributed by atoms with E-state index >= 15 is 0 Å². The molecule has 24 heavy (non-hydrogen) atoms. The van der Waals surface area contributed by atoms with Crippen molar-refractivity contribution in [3.05, 3.63) is 29.1 Å². The minimum atomic E-state index is 0.0189. The van der Waals surface area contributed by atoms with Gasteiger partial charge in [-0.25, -0.2) is 4.68 Å². The molecule has 1 fully saturated rings. The van der Waals surface area contributed by atoms with Crippen LogP contribution in [0.2, 0.25) is 0 Å². The van der Waals surface area contributed by atoms with Crippen molar-refractivity contribution < 1.29 is 13.9 Å². The smallest absolute Gasteiger partial charge is 0.288 e. The molecule has 0 aliphatic heterocycles. The second-order valence-corrected chi connectivity index (χ2v) is 6.25. The van der Waals surface area contributed by atoms with Crippen LogP contribution in [0.5, 0.6) is 5.75 Å². The van der Waals surface area contributed by atoms with Gasteiger partial charge in [-0.3, -0.25) is 9.69 Å². The Morgan fingerprint density at radius 1 is 1.46 bits per heavy atom. The number of likely N-dealkylation sites (N-methyl/N-ethyl adjacent to an activating group) is 1. The van der Waals surface area contributed by atoms with Crippen LogP contribution in [0, 0.1) is 4.84 Å². The van der Waals surface area contributed by atoms with Gasteiger partial charge in [0.05, 0.1) is 20.3 Å². The molecule has 0 bridgehead atoms. The molecule has 0 radical (unpaired) electrons. The van der Waals surface area contributed by atoms with Crippen LogP contribution in [0.25, 0.3) is 11.5 Å². The van der Waals surface area contributed by atoms with Crippen LogP contribution >= 0.6 is 12.2 Å². The average molecular weight is 348 g/mol. The third-order valence-electron chi connectivity index (χ3n) is 3.67. The Kier molecular flexibility index (Phi) is 4.96. The van der Waals surface area contributed by atoms with Crippen molar-refractivity contribution in [3.63, 3.8) is 0 Å². The van der Waals surface area contributed by atoms with Gasteiger partial charge in [-0.1, -0.05) is 0 Å². The number of aromatic nitrogens is 2. The maximum atomic E-state index is 11.8. The topological polar surface area (TPSA) is 72.5 Å². The summed E-state index contributed by atoms with van der Waals surface area (Å²) in [7, 11) is 3.46. The first kappa shape index (κ1) is 16.7. The second-order valence-electron chi connectivity index (χ2n) is 5.90. The molecule has 1 aliphatic rings. The summed E-state index contributed by atoms with van der Waals surface area (Å²) in [5, 5.41) is 7.34. The van der Waals surface area contributed by atoms with E-state index in [1.54, 1.807) is 11.8 Å². The Balaban J connectivity index is 1.64. The highest BCUT2D eigenvalue weighted by molar-refractivity contribution is 7.71. The van der Waals surface area contributed by atoms with Crippen molar-refractivity contribution in [1.82, 2.24) is 20.0 Å². The fourth-order valence-electron chi connectivity index (χ4n) is 2.27. The number of rotatable bonds is 7. The summed E-state index contributed by atoms with van der Waals surface area (Å²) < 4.78 is 12.3. The lowest BCUT2D eigenvalue weighted by Gasteiger charge is -2.15. The summed E-state index contributed by atoms with van der Waals surface area (Å²) >= 11 is 5.22. The van der Waals surface area contributed by atoms with Crippen molar-refractivity contribution in [2.24, 2.45) is 0 Å². The molecule has 1 aromatic carbocycles. The first-order chi connectivity index (χ1) is 11.5. The number of hydrogen-bond acceptors (Lipinski definition) is 6. The fourth-order valence-corrected chi connectivity index (χ4v) is 2.45. The van der Waals surface area contributed by atoms with Gasteiger partial charge in [-0.15, -0.1) is 5.10 Å². The summed E-state index contributed by atoms with van der Waals surface area (Å²) in [6, 6.07) is 7.75. The highest BCUT2D eigenvalue weighted by Gasteiger charge is 2.23. The van der Waals surface area contributed by atoms with Crippen LogP contribution in [-0.4, -0.2) is 47.3 Å². The normalized spacial score (nSPS) is 14.0. The molecule has 1 N–H and O–H groups in total. The lowest BCUT2D eigenvalue weighted by molar-refractivity contribution is -0.122. The van der Waals surface area contributed by atoms with Gasteiger partial charge in [0, 0.05) is 11.6 Å². The van der Waals surface area contributed by atoms with Gasteiger partial charge in [0.2, 0.25) is 11.8 Å². The maximum Gasteiger partial charge on any atom is 0.288 e. The predicted molar refractivity (Wildman–Crippen MR) is 91.1 cm³/mol. The van der Waals surface area contributed by atoms with Gasteiger partial charge < -0.3 is 14.5 Å². The Labute approximate surface area is 145 Å². The molecule has 7 nitrogen and oxygen atoms in total. The number of nitrogens with one attached hydrogen (secondary N) is 1. The van der Waals surface area contributed by atoms with E-state index in [1.807, 2.05) is 36.2 Å². The number of benzene rings is 1. The zero-order valence-corrected chi connectivity index (χ0v) is 14.5. The highest BCUT2D eigenvalue weighted by atomic mass is 32.1. The molecule has 1 saturated carbocycles. The van der Waals surface area contributed by atoms with Crippen LogP contribution in [0.3, 0.4) is 0 Å². The van der Waals surface area contributed by atoms with Crippen LogP contribution in [-0.2, 0) is 11.5 Å². The number of carbonyl (C=O) groups is 1. The van der Waals surface area contributed by atoms with Crippen molar-refractivity contribution in [3.8, 4) is 17.2 Å². The van der Waals surface area contributed by atoms with Gasteiger partial charge in [0.1, 0.15) is 5.75 Å². The van der Waals surface area contributed by atoms with Gasteiger partial charge in [0.25, 0.3) is 4.84 Å². The monoisotopic (exact) mass is 348 g/mol. The second kappa shape index (κ2) is 7.14. The molecular weight excluding hydrogens is 328 g/mol. The molecule has 0 unspecified atom stereocenters. The molecule has 8 heteroatoms. The van der Waals surface area contributed by atoms with E-state index in [0.29, 0.717) is 25.1 Å². The van der Waals surface area contributed by atoms with Crippen molar-refractivity contribution in [2.45, 2.75) is 25.6 Å². The molecule has 3 rings (SSSR count). The van der Waals surface area contributed by atoms with Gasteiger partial charge in [-0.05, 0) is 56.4 Å². The number of amides is 1. The summed E-state index contributed by atoms with van der Waals surface area (Å²) in [5.41, 5.74) is 0.815. The Hall–Kier alpha value is -2.19. The number of ether oxygens (including phenoxy) is 1. The highest BCUT2D eigenvalue weighted by Crippen LogP contribution is 2.21. The molecule has 128 valence electrons. The minimum Gasteiger partial charge on any atom is -0.497 e. The van der Waals surface area contributed by atoms with E-state index in [2.05, 4.69) is 10.4 Å². The summed E-state index contributed by atoms with van der Waals surface area (Å²) in [5.74, 6) is 1.22. The maximum absolute atomic E-state index is 11.8. The molecule has 0 spiro atoms. The number of methoxy groups -OCH3 is 1. The molecule has 0 atom stereocenters. The first-order valence-electron chi connectivity index (χ1n) is 7.75. The Morgan fingerprint density at radius 3 is 2.79 bits per heavy atom. The third-order valence-corrected chi connectivity index (χ3v) is 3.97. The molecule has 1 aromatic heterocycles. The number of nitrogens with zero attached hydrogens (tertiary/aromatic N) is 3. The largest absolute Gasteiger partial charge is 0.497 e. The zero-order valence-electron chi connectivity index (χ0n) is 13.7. The fraction of sp³-hybridized carbons (Fsp3) is 0.438. The van der Waals surface area contributed by atoms with E-state index in [-0.39, 0.29) is 10.7 Å². The summed E-state index contributed by atoms with van der Waals surface area (Å²) in [6.07, 6.45) is 2.16. The van der Waals surface area contributed by atoms with Gasteiger partial charge in [0.15, 0.2) is 0 Å². The average Bonchev–Trinajstić information content (AvgIpc) is 3.29. The van der Waals surface area contributed by atoms with Gasteiger partial charge in [-0.2, -0.15) is 0 Å². The van der Waals surface area contributed by atoms with Crippen LogP contribution < -0.4 is 10.1 Å². The van der Waals surface area contributed by atoms with Crippen molar-refractivity contribution in [1.29, 1.82) is 0 Å². The Morgan fingerprint density at radius 2 is 2.17 bits per heavy atom. The lowest BCUT2D eigenvalue weighted by atomic mass is 10.2. The third kappa shape index (κ3) is 4.21. The molecular formula is C16H20N4O3S. The molecule has 1 heterocycles. The lowest BCUT2D eigenvalue weighted by Crippen LogP contribution is -2.37. The van der Waals surface area contributed by atoms with E-state index in [4.69, 9.17) is 21.4 Å². The predicted octanol–water partition coefficient (Wildman–Crippen LogP) is 2.05. The van der Waals surface area contributed by atoms with Crippen molar-refractivity contribution in [2.75, 3.05) is 20.7 Å². The minimum absolute atomic E-state index is 0.0189. The quantitative estimate of drug-likeness (QED) is 0.772. The molecule has 2 aromatic rings. The summed E-state index contributed by atoms with van der Waals surface area (Å²) in [4.78, 5) is 13.9. The van der Waals surface area contributed by atoms with E-state index in [1.165, 1.54) is 0 Å².